The van der Waals surface area contributed by atoms with Crippen LogP contribution in [0.4, 0.5) is 0 Å². The molecular weight excluding hydrogens is 212 g/mol. The van der Waals surface area contributed by atoms with Crippen LogP contribution in [-0.4, -0.2) is 29.5 Å². The maximum absolute atomic E-state index is 10.6. The molecule has 0 saturated heterocycles. The summed E-state index contributed by atoms with van der Waals surface area (Å²) in [6, 6.07) is 4.48. The second-order valence-electron chi connectivity index (χ2n) is 2.31. The Hall–Kier alpha value is -1.44. The summed E-state index contributed by atoms with van der Waals surface area (Å²) < 4.78 is 29.7. The molecule has 1 aromatic carbocycles. The molecule has 14 heavy (non-hydrogen) atoms. The third-order valence-electron chi connectivity index (χ3n) is 1.38. The normalized spacial score (nSPS) is 10.4. The van der Waals surface area contributed by atoms with E-state index in [1.165, 1.54) is 12.1 Å². The first-order chi connectivity index (χ1) is 5.91. The van der Waals surface area contributed by atoms with Gasteiger partial charge in [0.2, 0.25) is 0 Å². The molecule has 7 heteroatoms. The third kappa shape index (κ3) is 2.80. The lowest BCUT2D eigenvalue weighted by molar-refractivity contribution is 0.0696. The summed E-state index contributed by atoms with van der Waals surface area (Å²) in [5.41, 5.74) is -0.185. The van der Waals surface area contributed by atoms with Crippen LogP contribution in [0.3, 0.4) is 0 Å². The van der Waals surface area contributed by atoms with Gasteiger partial charge in [-0.2, -0.15) is 8.42 Å². The maximum Gasteiger partial charge on any atom is 0.335 e. The second-order valence-corrected chi connectivity index (χ2v) is 3.73. The Labute approximate surface area is 79.9 Å². The van der Waals surface area contributed by atoms with Crippen molar-refractivity contribution in [3.63, 3.8) is 0 Å². The largest absolute Gasteiger partial charge is 0.478 e. The molecule has 0 fully saturated rings. The molecule has 1 aromatic rings. The van der Waals surface area contributed by atoms with E-state index in [0.717, 1.165) is 12.1 Å². The molecule has 0 amide bonds. The monoisotopic (exact) mass is 220 g/mol. The smallest absolute Gasteiger partial charge is 0.335 e. The van der Waals surface area contributed by atoms with Crippen LogP contribution in [0.25, 0.3) is 0 Å². The molecule has 0 atom stereocenters. The van der Waals surface area contributed by atoms with Crippen molar-refractivity contribution in [3.8, 4) is 0 Å². The Bertz CT molecular complexity index is 435. The first kappa shape index (κ1) is 12.6. The fraction of sp³-hybridized carbons (Fsp3) is 0. The van der Waals surface area contributed by atoms with Gasteiger partial charge < -0.3 is 10.6 Å². The van der Waals surface area contributed by atoms with E-state index in [9.17, 15) is 13.2 Å². The van der Waals surface area contributed by atoms with Crippen LogP contribution in [0.2, 0.25) is 0 Å². The Kier molecular flexibility index (Phi) is 3.75. The highest BCUT2D eigenvalue weighted by Gasteiger charge is 2.11. The number of carboxylic acids is 1. The number of rotatable bonds is 2. The van der Waals surface area contributed by atoms with E-state index >= 15 is 0 Å². The first-order valence-corrected chi connectivity index (χ1v) is 4.66. The summed E-state index contributed by atoms with van der Waals surface area (Å²) in [7, 11) is -4.32. The number of carbonyl (C=O) groups is 1. The van der Waals surface area contributed by atoms with Crippen LogP contribution in [0.15, 0.2) is 29.2 Å². The molecule has 6 nitrogen and oxygen atoms in total. The van der Waals surface area contributed by atoms with Crippen LogP contribution in [0.5, 0.6) is 0 Å². The molecule has 0 saturated carbocycles. The zero-order valence-corrected chi connectivity index (χ0v) is 7.65. The quantitative estimate of drug-likeness (QED) is 0.668. The molecule has 0 unspecified atom stereocenters. The van der Waals surface area contributed by atoms with Gasteiger partial charge in [-0.25, -0.2) is 4.79 Å². The van der Waals surface area contributed by atoms with Gasteiger partial charge in [0.15, 0.2) is 0 Å². The van der Waals surface area contributed by atoms with Gasteiger partial charge >= 0.3 is 5.97 Å². The average molecular weight is 220 g/mol. The fourth-order valence-electron chi connectivity index (χ4n) is 0.790. The minimum absolute atomic E-state index is 0. The summed E-state index contributed by atoms with van der Waals surface area (Å²) in [6.45, 7) is 0. The van der Waals surface area contributed by atoms with Crippen molar-refractivity contribution < 1.29 is 28.3 Å². The maximum atomic E-state index is 10.6. The fourth-order valence-corrected chi connectivity index (χ4v) is 1.32. The highest BCUT2D eigenvalue weighted by Crippen LogP contribution is 2.10. The zero-order chi connectivity index (χ0) is 10.1. The van der Waals surface area contributed by atoms with Crippen molar-refractivity contribution in [3.05, 3.63) is 29.8 Å². The molecule has 4 N–H and O–H groups in total. The molecule has 1 rings (SSSR count). The minimum atomic E-state index is -4.32. The van der Waals surface area contributed by atoms with Gasteiger partial charge in [-0.05, 0) is 18.2 Å². The lowest BCUT2D eigenvalue weighted by atomic mass is 10.2. The molecule has 0 aliphatic rings. The van der Waals surface area contributed by atoms with Crippen molar-refractivity contribution in [1.29, 1.82) is 0 Å². The van der Waals surface area contributed by atoms with Crippen molar-refractivity contribution in [2.45, 2.75) is 4.90 Å². The van der Waals surface area contributed by atoms with Gasteiger partial charge in [0.1, 0.15) is 0 Å². The molecule has 0 radical (unpaired) electrons. The van der Waals surface area contributed by atoms with Crippen LogP contribution in [0.1, 0.15) is 10.4 Å². The molecule has 0 aromatic heterocycles. The molecule has 0 heterocycles. The third-order valence-corrected chi connectivity index (χ3v) is 2.23. The standard InChI is InChI=1S/C7H6O5S.H2O/c8-7(9)5-2-1-3-6(4-5)13(10,11)12;/h1-4H,(H,8,9)(H,10,11,12);1H2. The summed E-state index contributed by atoms with van der Waals surface area (Å²) in [5, 5.41) is 8.50. The van der Waals surface area contributed by atoms with Crippen molar-refractivity contribution in [2.75, 3.05) is 0 Å². The van der Waals surface area contributed by atoms with Gasteiger partial charge in [-0.3, -0.25) is 4.55 Å². The lowest BCUT2D eigenvalue weighted by Gasteiger charge is -1.97. The molecule has 0 spiro atoms. The number of benzene rings is 1. The molecular formula is C7H8O6S. The van der Waals surface area contributed by atoms with Gasteiger partial charge in [0, 0.05) is 0 Å². The van der Waals surface area contributed by atoms with Gasteiger partial charge in [0.25, 0.3) is 10.1 Å². The second kappa shape index (κ2) is 4.18. The number of carboxylic acid groups (broad SMARTS) is 1. The summed E-state index contributed by atoms with van der Waals surface area (Å²) >= 11 is 0. The van der Waals surface area contributed by atoms with E-state index < -0.39 is 21.0 Å². The average Bonchev–Trinajstić information content (AvgIpc) is 2.03. The number of aromatic carboxylic acids is 1. The summed E-state index contributed by atoms with van der Waals surface area (Å²) in [6.07, 6.45) is 0. The molecule has 78 valence electrons. The Morgan fingerprint density at radius 1 is 1.29 bits per heavy atom. The predicted molar refractivity (Wildman–Crippen MR) is 46.8 cm³/mol. The van der Waals surface area contributed by atoms with Crippen LogP contribution in [0, 0.1) is 0 Å². The first-order valence-electron chi connectivity index (χ1n) is 3.22. The van der Waals surface area contributed by atoms with E-state index in [4.69, 9.17) is 9.66 Å². The lowest BCUT2D eigenvalue weighted by Crippen LogP contribution is -2.01. The van der Waals surface area contributed by atoms with E-state index in [-0.39, 0.29) is 11.0 Å². The van der Waals surface area contributed by atoms with Crippen molar-refractivity contribution in [2.24, 2.45) is 0 Å². The zero-order valence-electron chi connectivity index (χ0n) is 6.84. The van der Waals surface area contributed by atoms with E-state index in [1.807, 2.05) is 0 Å². The van der Waals surface area contributed by atoms with Crippen molar-refractivity contribution >= 4 is 16.1 Å². The van der Waals surface area contributed by atoms with Gasteiger partial charge in [0.05, 0.1) is 10.5 Å². The highest BCUT2D eigenvalue weighted by molar-refractivity contribution is 7.85. The molecule has 0 bridgehead atoms. The summed E-state index contributed by atoms with van der Waals surface area (Å²) in [4.78, 5) is 9.98. The van der Waals surface area contributed by atoms with Crippen molar-refractivity contribution in [1.82, 2.24) is 0 Å². The Morgan fingerprint density at radius 3 is 2.29 bits per heavy atom. The van der Waals surface area contributed by atoms with E-state index in [2.05, 4.69) is 0 Å². The highest BCUT2D eigenvalue weighted by atomic mass is 32.2. The van der Waals surface area contributed by atoms with Crippen LogP contribution < -0.4 is 0 Å². The topological polar surface area (TPSA) is 123 Å². The number of hydrogen-bond acceptors (Lipinski definition) is 3. The van der Waals surface area contributed by atoms with Gasteiger partial charge in [-0.1, -0.05) is 6.07 Å². The van der Waals surface area contributed by atoms with Crippen LogP contribution in [-0.2, 0) is 10.1 Å². The van der Waals surface area contributed by atoms with E-state index in [0.29, 0.717) is 0 Å². The molecule has 0 aliphatic heterocycles. The Morgan fingerprint density at radius 2 is 1.86 bits per heavy atom. The SMILES string of the molecule is O.O=C(O)c1cccc(S(=O)(=O)O)c1. The van der Waals surface area contributed by atoms with Crippen LogP contribution >= 0.6 is 0 Å². The minimum Gasteiger partial charge on any atom is -0.478 e. The number of hydrogen-bond donors (Lipinski definition) is 2. The summed E-state index contributed by atoms with van der Waals surface area (Å²) in [5.74, 6) is -1.24. The molecule has 0 aliphatic carbocycles. The van der Waals surface area contributed by atoms with E-state index in [1.54, 1.807) is 0 Å². The van der Waals surface area contributed by atoms with Gasteiger partial charge in [-0.15, -0.1) is 0 Å². The Balaban J connectivity index is 0.00000169. The predicted octanol–water partition coefficient (Wildman–Crippen LogP) is -0.193.